The number of anilines is 1. The van der Waals surface area contributed by atoms with E-state index in [-0.39, 0.29) is 29.8 Å². The minimum Gasteiger partial charge on any atom is -0.481 e. The molecular formula is C20H28N2O6. The predicted molar refractivity (Wildman–Crippen MR) is 103 cm³/mol. The molecule has 2 rings (SSSR count). The Bertz CT molecular complexity index is 706. The molecule has 1 aliphatic heterocycles. The lowest BCUT2D eigenvalue weighted by molar-refractivity contribution is -0.139. The minimum absolute atomic E-state index is 0.0212. The van der Waals surface area contributed by atoms with Crippen molar-refractivity contribution in [3.63, 3.8) is 0 Å². The molecule has 154 valence electrons. The van der Waals surface area contributed by atoms with Crippen LogP contribution in [0, 0.1) is 5.92 Å². The van der Waals surface area contributed by atoms with Crippen LogP contribution >= 0.6 is 0 Å². The van der Waals surface area contributed by atoms with Gasteiger partial charge in [-0.05, 0) is 30.9 Å². The highest BCUT2D eigenvalue weighted by Gasteiger charge is 2.30. The minimum atomic E-state index is -1.08. The molecule has 0 aromatic heterocycles. The van der Waals surface area contributed by atoms with Crippen molar-refractivity contribution in [3.05, 3.63) is 29.8 Å². The number of nitrogens with one attached hydrogen (secondary N) is 2. The molecule has 0 saturated carbocycles. The quantitative estimate of drug-likeness (QED) is 0.580. The highest BCUT2D eigenvalue weighted by molar-refractivity contribution is 6.03. The molecular weight excluding hydrogens is 364 g/mol. The number of hydrogen-bond acceptors (Lipinski definition) is 6. The van der Waals surface area contributed by atoms with E-state index in [0.717, 1.165) is 0 Å². The maximum Gasteiger partial charge on any atom is 0.339 e. The van der Waals surface area contributed by atoms with Crippen LogP contribution in [-0.4, -0.2) is 54.9 Å². The first kappa shape index (κ1) is 21.8. The van der Waals surface area contributed by atoms with Crippen LogP contribution in [0.1, 0.15) is 43.5 Å². The number of para-hydroxylation sites is 1. The van der Waals surface area contributed by atoms with E-state index in [2.05, 4.69) is 24.5 Å². The first-order valence-electron chi connectivity index (χ1n) is 9.39. The lowest BCUT2D eigenvalue weighted by Gasteiger charge is -2.34. The van der Waals surface area contributed by atoms with Gasteiger partial charge in [-0.2, -0.15) is 0 Å². The second kappa shape index (κ2) is 10.2. The molecule has 1 saturated heterocycles. The summed E-state index contributed by atoms with van der Waals surface area (Å²) >= 11 is 0. The Morgan fingerprint density at radius 3 is 2.64 bits per heavy atom. The van der Waals surface area contributed by atoms with Gasteiger partial charge in [0.05, 0.1) is 36.9 Å². The highest BCUT2D eigenvalue weighted by atomic mass is 16.5. The molecule has 0 radical (unpaired) electrons. The topological polar surface area (TPSA) is 114 Å². The predicted octanol–water partition coefficient (Wildman–Crippen LogP) is 2.05. The summed E-state index contributed by atoms with van der Waals surface area (Å²) in [5, 5.41) is 15.1. The molecule has 8 heteroatoms. The average Bonchev–Trinajstić information content (AvgIpc) is 2.67. The Kier molecular flexibility index (Phi) is 7.95. The van der Waals surface area contributed by atoms with Gasteiger partial charge in [0.25, 0.3) is 0 Å². The Morgan fingerprint density at radius 1 is 1.29 bits per heavy atom. The van der Waals surface area contributed by atoms with Crippen LogP contribution in [0.5, 0.6) is 0 Å². The maximum absolute atomic E-state index is 12.8. The van der Waals surface area contributed by atoms with E-state index in [1.54, 1.807) is 18.2 Å². The average molecular weight is 392 g/mol. The first-order valence-corrected chi connectivity index (χ1v) is 9.39. The molecule has 3 atom stereocenters. The van der Waals surface area contributed by atoms with Crippen molar-refractivity contribution >= 4 is 23.5 Å². The number of carboxylic acids is 1. The molecule has 1 aromatic rings. The van der Waals surface area contributed by atoms with Crippen molar-refractivity contribution in [2.75, 3.05) is 19.0 Å². The maximum atomic E-state index is 12.8. The van der Waals surface area contributed by atoms with Crippen LogP contribution in [0.4, 0.5) is 5.69 Å². The molecule has 1 fully saturated rings. The summed E-state index contributed by atoms with van der Waals surface area (Å²) in [5.41, 5.74) is 0.488. The van der Waals surface area contributed by atoms with E-state index in [1.165, 1.54) is 13.2 Å². The molecule has 3 N–H and O–H groups in total. The zero-order valence-electron chi connectivity index (χ0n) is 16.4. The van der Waals surface area contributed by atoms with Crippen molar-refractivity contribution in [3.8, 4) is 0 Å². The van der Waals surface area contributed by atoms with Gasteiger partial charge in [0.2, 0.25) is 5.91 Å². The van der Waals surface area contributed by atoms with Crippen LogP contribution in [0.2, 0.25) is 0 Å². The largest absolute Gasteiger partial charge is 0.481 e. The van der Waals surface area contributed by atoms with Crippen LogP contribution in [-0.2, 0) is 19.1 Å². The number of carbonyl (C=O) groups is 3. The van der Waals surface area contributed by atoms with Crippen molar-refractivity contribution in [1.29, 1.82) is 0 Å². The third kappa shape index (κ3) is 6.03. The number of carbonyl (C=O) groups excluding carboxylic acids is 2. The third-order valence-electron chi connectivity index (χ3n) is 4.78. The number of benzene rings is 1. The molecule has 1 aliphatic rings. The summed E-state index contributed by atoms with van der Waals surface area (Å²) in [7, 11) is 1.26. The summed E-state index contributed by atoms with van der Waals surface area (Å²) in [4.78, 5) is 35.9. The van der Waals surface area contributed by atoms with Crippen LogP contribution in [0.15, 0.2) is 24.3 Å². The zero-order valence-corrected chi connectivity index (χ0v) is 16.4. The lowest BCUT2D eigenvalue weighted by Crippen LogP contribution is -2.50. The lowest BCUT2D eigenvalue weighted by atomic mass is 9.94. The third-order valence-corrected chi connectivity index (χ3v) is 4.78. The van der Waals surface area contributed by atoms with Gasteiger partial charge in [-0.1, -0.05) is 26.0 Å². The number of aliphatic carboxylic acids is 1. The summed E-state index contributed by atoms with van der Waals surface area (Å²) in [5.74, 6) is -1.83. The van der Waals surface area contributed by atoms with Crippen molar-refractivity contribution in [2.24, 2.45) is 5.92 Å². The zero-order chi connectivity index (χ0) is 20.7. The van der Waals surface area contributed by atoms with Crippen LogP contribution in [0.25, 0.3) is 0 Å². The number of rotatable bonds is 8. The normalized spacial score (nSPS) is 20.4. The van der Waals surface area contributed by atoms with Crippen LogP contribution in [0.3, 0.4) is 0 Å². The van der Waals surface area contributed by atoms with Crippen molar-refractivity contribution in [1.82, 2.24) is 5.32 Å². The van der Waals surface area contributed by atoms with Crippen molar-refractivity contribution < 1.29 is 29.0 Å². The van der Waals surface area contributed by atoms with E-state index in [0.29, 0.717) is 25.4 Å². The number of ether oxygens (including phenoxy) is 2. The van der Waals surface area contributed by atoms with Gasteiger partial charge in [0.15, 0.2) is 0 Å². The monoisotopic (exact) mass is 392 g/mol. The molecule has 8 nitrogen and oxygen atoms in total. The second-order valence-electron chi connectivity index (χ2n) is 7.22. The fourth-order valence-corrected chi connectivity index (χ4v) is 3.23. The summed E-state index contributed by atoms with van der Waals surface area (Å²) in [6, 6.07) is 5.49. The fraction of sp³-hybridized carbons (Fsp3) is 0.550. The summed E-state index contributed by atoms with van der Waals surface area (Å²) in [6.07, 6.45) is 1.11. The first-order chi connectivity index (χ1) is 13.3. The molecule has 0 aliphatic carbocycles. The van der Waals surface area contributed by atoms with Gasteiger partial charge in [-0.3, -0.25) is 9.59 Å². The van der Waals surface area contributed by atoms with E-state index in [1.807, 2.05) is 0 Å². The summed E-state index contributed by atoms with van der Waals surface area (Å²) < 4.78 is 10.5. The molecule has 28 heavy (non-hydrogen) atoms. The molecule has 0 spiro atoms. The Morgan fingerprint density at radius 2 is 2.00 bits per heavy atom. The number of amides is 1. The SMILES string of the molecule is COC(=O)c1ccccc1NC(=O)[C@@H](CC(=O)O)N[C@@H]1CCO[C@H](C(C)C)C1. The Labute approximate surface area is 164 Å². The Hall–Kier alpha value is -2.45. The standard InChI is InChI=1S/C20H28N2O6/c1-12(2)17-10-13(8-9-28-17)21-16(11-18(23)24)19(25)22-15-7-5-4-6-14(15)20(26)27-3/h4-7,12-13,16-17,21H,8-11H2,1-3H3,(H,22,25)(H,23,24)/t13-,16-,17+/m1/s1. The second-order valence-corrected chi connectivity index (χ2v) is 7.22. The molecule has 1 amide bonds. The van der Waals surface area contributed by atoms with Gasteiger partial charge >= 0.3 is 11.9 Å². The van der Waals surface area contributed by atoms with E-state index >= 15 is 0 Å². The number of hydrogen-bond donors (Lipinski definition) is 3. The number of carboxylic acid groups (broad SMARTS) is 1. The molecule has 1 heterocycles. The molecule has 0 unspecified atom stereocenters. The van der Waals surface area contributed by atoms with E-state index in [4.69, 9.17) is 9.47 Å². The van der Waals surface area contributed by atoms with Gasteiger partial charge in [-0.15, -0.1) is 0 Å². The Balaban J connectivity index is 2.11. The smallest absolute Gasteiger partial charge is 0.339 e. The molecule has 0 bridgehead atoms. The van der Waals surface area contributed by atoms with Gasteiger partial charge in [0, 0.05) is 12.6 Å². The van der Waals surface area contributed by atoms with Gasteiger partial charge < -0.3 is 25.2 Å². The number of methoxy groups -OCH3 is 1. The molecule has 1 aromatic carbocycles. The van der Waals surface area contributed by atoms with Crippen molar-refractivity contribution in [2.45, 2.75) is 51.3 Å². The summed E-state index contributed by atoms with van der Waals surface area (Å²) in [6.45, 7) is 4.70. The van der Waals surface area contributed by atoms with Gasteiger partial charge in [-0.25, -0.2) is 4.79 Å². The highest BCUT2D eigenvalue weighted by Crippen LogP contribution is 2.21. The number of esters is 1. The van der Waals surface area contributed by atoms with Crippen LogP contribution < -0.4 is 10.6 Å². The van der Waals surface area contributed by atoms with Gasteiger partial charge in [0.1, 0.15) is 0 Å². The fourth-order valence-electron chi connectivity index (χ4n) is 3.23. The van der Waals surface area contributed by atoms with E-state index in [9.17, 15) is 19.5 Å². The van der Waals surface area contributed by atoms with E-state index < -0.39 is 23.9 Å².